The molecule has 1 aliphatic heterocycles. The van der Waals surface area contributed by atoms with Gasteiger partial charge in [-0.25, -0.2) is 0 Å². The van der Waals surface area contributed by atoms with Crippen LogP contribution in [-0.4, -0.2) is 40.0 Å². The first-order valence-corrected chi connectivity index (χ1v) is 10.3. The van der Waals surface area contributed by atoms with E-state index in [4.69, 9.17) is 9.47 Å². The molecular weight excluding hydrogens is 380 g/mol. The van der Waals surface area contributed by atoms with E-state index in [0.717, 1.165) is 52.9 Å². The van der Waals surface area contributed by atoms with Crippen molar-refractivity contribution >= 4 is 5.91 Å². The number of carbonyl (C=O) groups excluding carboxylic acids is 1. The summed E-state index contributed by atoms with van der Waals surface area (Å²) in [5.74, 6) is 1.44. The predicted molar refractivity (Wildman–Crippen MR) is 115 cm³/mol. The summed E-state index contributed by atoms with van der Waals surface area (Å²) in [6.07, 6.45) is 0.828. The van der Waals surface area contributed by atoms with Crippen LogP contribution in [0.1, 0.15) is 39.6 Å². The molecule has 0 bridgehead atoms. The molecule has 7 nitrogen and oxygen atoms in total. The van der Waals surface area contributed by atoms with Crippen LogP contribution in [0.15, 0.2) is 30.3 Å². The average Bonchev–Trinajstić information content (AvgIpc) is 3.21. The van der Waals surface area contributed by atoms with E-state index in [1.807, 2.05) is 56.6 Å². The van der Waals surface area contributed by atoms with Crippen LogP contribution < -0.4 is 14.8 Å². The number of aryl methyl sites for hydroxylation is 4. The molecule has 1 N–H and O–H groups in total. The maximum absolute atomic E-state index is 12.8. The van der Waals surface area contributed by atoms with Crippen LogP contribution >= 0.6 is 0 Å². The van der Waals surface area contributed by atoms with E-state index in [2.05, 4.69) is 21.0 Å². The number of carbonyl (C=O) groups is 1. The van der Waals surface area contributed by atoms with Gasteiger partial charge in [0.2, 0.25) is 0 Å². The van der Waals surface area contributed by atoms with Gasteiger partial charge in [0, 0.05) is 41.9 Å². The summed E-state index contributed by atoms with van der Waals surface area (Å²) in [6, 6.07) is 9.86. The second-order valence-electron chi connectivity index (χ2n) is 7.71. The minimum absolute atomic E-state index is 0.0553. The van der Waals surface area contributed by atoms with E-state index in [1.54, 1.807) is 0 Å². The van der Waals surface area contributed by atoms with Crippen LogP contribution in [0.4, 0.5) is 0 Å². The largest absolute Gasteiger partial charge is 0.486 e. The van der Waals surface area contributed by atoms with Gasteiger partial charge >= 0.3 is 0 Å². The lowest BCUT2D eigenvalue weighted by Gasteiger charge is -2.20. The first-order valence-electron chi connectivity index (χ1n) is 10.3. The summed E-state index contributed by atoms with van der Waals surface area (Å²) in [5.41, 5.74) is 5.70. The van der Waals surface area contributed by atoms with Gasteiger partial charge in [0.15, 0.2) is 11.5 Å². The Morgan fingerprint density at radius 3 is 2.53 bits per heavy atom. The Morgan fingerprint density at radius 1 is 1.03 bits per heavy atom. The normalized spacial score (nSPS) is 12.8. The van der Waals surface area contributed by atoms with Crippen molar-refractivity contribution in [2.24, 2.45) is 0 Å². The maximum Gasteiger partial charge on any atom is 0.253 e. The molecule has 2 aromatic heterocycles. The van der Waals surface area contributed by atoms with Gasteiger partial charge in [-0.05, 0) is 58.4 Å². The van der Waals surface area contributed by atoms with E-state index in [9.17, 15) is 4.79 Å². The minimum atomic E-state index is -0.0553. The zero-order valence-electron chi connectivity index (χ0n) is 18.0. The maximum atomic E-state index is 12.8. The lowest BCUT2D eigenvalue weighted by molar-refractivity contribution is 0.0952. The molecule has 0 radical (unpaired) electrons. The molecule has 30 heavy (non-hydrogen) atoms. The van der Waals surface area contributed by atoms with Crippen LogP contribution in [-0.2, 0) is 6.54 Å². The van der Waals surface area contributed by atoms with Gasteiger partial charge in [-0.15, -0.1) is 0 Å². The Balaban J connectivity index is 1.44. The average molecular weight is 409 g/mol. The van der Waals surface area contributed by atoms with Crippen LogP contribution in [0.3, 0.4) is 0 Å². The smallest absolute Gasteiger partial charge is 0.253 e. The molecule has 0 fully saturated rings. The van der Waals surface area contributed by atoms with E-state index in [-0.39, 0.29) is 5.91 Å². The Morgan fingerprint density at radius 2 is 1.80 bits per heavy atom. The monoisotopic (exact) mass is 408 g/mol. The summed E-state index contributed by atoms with van der Waals surface area (Å²) in [7, 11) is 0. The molecule has 0 spiro atoms. The highest BCUT2D eigenvalue weighted by Crippen LogP contribution is 2.33. The van der Waals surface area contributed by atoms with E-state index in [1.165, 1.54) is 0 Å². The molecule has 158 valence electrons. The van der Waals surface area contributed by atoms with Crippen molar-refractivity contribution in [2.75, 3.05) is 19.8 Å². The first kappa shape index (κ1) is 20.1. The van der Waals surface area contributed by atoms with Crippen molar-refractivity contribution in [3.8, 4) is 17.2 Å². The molecule has 3 aromatic rings. The van der Waals surface area contributed by atoms with Crippen molar-refractivity contribution in [1.82, 2.24) is 19.7 Å². The van der Waals surface area contributed by atoms with E-state index >= 15 is 0 Å². The van der Waals surface area contributed by atoms with Crippen LogP contribution in [0.25, 0.3) is 5.69 Å². The first-order chi connectivity index (χ1) is 14.4. The standard InChI is InChI=1S/C23H28N4O3/c1-15-12-16(2)26(25-15)9-5-8-24-23(28)20-13-17(3)27(18(20)4)19-6-7-21-22(14-19)30-11-10-29-21/h6-7,12-14H,5,8-11H2,1-4H3,(H,24,28). The van der Waals surface area contributed by atoms with Gasteiger partial charge in [-0.2, -0.15) is 5.10 Å². The van der Waals surface area contributed by atoms with Crippen molar-refractivity contribution in [3.05, 3.63) is 58.7 Å². The Hall–Kier alpha value is -3.22. The van der Waals surface area contributed by atoms with Gasteiger partial charge in [-0.1, -0.05) is 0 Å². The molecule has 1 amide bonds. The summed E-state index contributed by atoms with van der Waals surface area (Å²) in [4.78, 5) is 12.8. The number of aromatic nitrogens is 3. The van der Waals surface area contributed by atoms with Gasteiger partial charge in [-0.3, -0.25) is 9.48 Å². The number of nitrogens with one attached hydrogen (secondary N) is 1. The van der Waals surface area contributed by atoms with Crippen molar-refractivity contribution in [3.63, 3.8) is 0 Å². The van der Waals surface area contributed by atoms with E-state index < -0.39 is 0 Å². The lowest BCUT2D eigenvalue weighted by atomic mass is 10.2. The Bertz CT molecular complexity index is 1080. The topological polar surface area (TPSA) is 70.3 Å². The third kappa shape index (κ3) is 3.92. The number of nitrogens with zero attached hydrogens (tertiary/aromatic N) is 3. The summed E-state index contributed by atoms with van der Waals surface area (Å²) >= 11 is 0. The number of ether oxygens (including phenoxy) is 2. The van der Waals surface area contributed by atoms with Gasteiger partial charge in [0.1, 0.15) is 13.2 Å². The van der Waals surface area contributed by atoms with Crippen LogP contribution in [0.2, 0.25) is 0 Å². The zero-order valence-corrected chi connectivity index (χ0v) is 18.0. The SMILES string of the molecule is Cc1cc(C)n(CCCNC(=O)c2cc(C)n(-c3ccc4c(c3)OCCO4)c2C)n1. The van der Waals surface area contributed by atoms with Crippen molar-refractivity contribution in [1.29, 1.82) is 0 Å². The molecule has 0 saturated heterocycles. The van der Waals surface area contributed by atoms with Crippen LogP contribution in [0.5, 0.6) is 11.5 Å². The number of hydrogen-bond acceptors (Lipinski definition) is 4. The highest BCUT2D eigenvalue weighted by atomic mass is 16.6. The Kier molecular flexibility index (Phi) is 5.53. The number of amides is 1. The highest BCUT2D eigenvalue weighted by molar-refractivity contribution is 5.95. The molecule has 0 unspecified atom stereocenters. The number of rotatable bonds is 6. The summed E-state index contributed by atoms with van der Waals surface area (Å²) in [5, 5.41) is 7.50. The van der Waals surface area contributed by atoms with E-state index in [0.29, 0.717) is 25.3 Å². The fourth-order valence-electron chi connectivity index (χ4n) is 3.99. The molecule has 7 heteroatoms. The number of hydrogen-bond donors (Lipinski definition) is 1. The third-order valence-corrected chi connectivity index (χ3v) is 5.40. The molecule has 1 aromatic carbocycles. The lowest BCUT2D eigenvalue weighted by Crippen LogP contribution is -2.26. The predicted octanol–water partition coefficient (Wildman–Crippen LogP) is 3.50. The second-order valence-corrected chi connectivity index (χ2v) is 7.71. The quantitative estimate of drug-likeness (QED) is 0.634. The van der Waals surface area contributed by atoms with Gasteiger partial charge in [0.25, 0.3) is 5.91 Å². The molecular formula is C23H28N4O3. The fraction of sp³-hybridized carbons (Fsp3) is 0.391. The number of benzene rings is 1. The van der Waals surface area contributed by atoms with Gasteiger partial charge < -0.3 is 19.4 Å². The Labute approximate surface area is 176 Å². The fourth-order valence-corrected chi connectivity index (χ4v) is 3.99. The zero-order chi connectivity index (χ0) is 21.3. The minimum Gasteiger partial charge on any atom is -0.486 e. The third-order valence-electron chi connectivity index (χ3n) is 5.40. The highest BCUT2D eigenvalue weighted by Gasteiger charge is 2.18. The summed E-state index contributed by atoms with van der Waals surface area (Å²) < 4.78 is 15.4. The summed E-state index contributed by atoms with van der Waals surface area (Å²) in [6.45, 7) is 10.5. The number of fused-ring (bicyclic) bond motifs is 1. The van der Waals surface area contributed by atoms with Crippen molar-refractivity contribution in [2.45, 2.75) is 40.7 Å². The molecule has 3 heterocycles. The molecule has 1 aliphatic rings. The van der Waals surface area contributed by atoms with Crippen molar-refractivity contribution < 1.29 is 14.3 Å². The molecule has 0 atom stereocenters. The molecule has 0 aliphatic carbocycles. The molecule has 0 saturated carbocycles. The molecule has 4 rings (SSSR count). The second kappa shape index (κ2) is 8.26. The van der Waals surface area contributed by atoms with Crippen LogP contribution in [0, 0.1) is 27.7 Å². The van der Waals surface area contributed by atoms with Gasteiger partial charge in [0.05, 0.1) is 11.3 Å².